The van der Waals surface area contributed by atoms with Gasteiger partial charge in [-0.2, -0.15) is 0 Å². The number of benzene rings is 2. The van der Waals surface area contributed by atoms with Crippen LogP contribution in [0, 0.1) is 11.0 Å². The van der Waals surface area contributed by atoms with E-state index in [-0.39, 0.29) is 11.6 Å². The second-order valence-electron chi connectivity index (χ2n) is 6.37. The fourth-order valence-corrected chi connectivity index (χ4v) is 4.76. The number of nitrogens with zero attached hydrogens (tertiary/aromatic N) is 3. The molecule has 0 bridgehead atoms. The Bertz CT molecular complexity index is 1270. The number of thiazole rings is 1. The van der Waals surface area contributed by atoms with Crippen molar-refractivity contribution in [3.05, 3.63) is 89.0 Å². The molecule has 8 heteroatoms. The Hall–Kier alpha value is -2.94. The van der Waals surface area contributed by atoms with Crippen molar-refractivity contribution in [1.82, 2.24) is 9.97 Å². The minimum Gasteiger partial charge on any atom is -0.671 e. The highest BCUT2D eigenvalue weighted by Crippen LogP contribution is 2.38. The van der Waals surface area contributed by atoms with Crippen LogP contribution in [-0.4, -0.2) is 14.1 Å². The van der Waals surface area contributed by atoms with E-state index in [1.54, 1.807) is 54.6 Å². The summed E-state index contributed by atoms with van der Waals surface area (Å²) < 4.78 is 26.4. The van der Waals surface area contributed by atoms with Gasteiger partial charge in [-0.3, -0.25) is 0 Å². The summed E-state index contributed by atoms with van der Waals surface area (Å²) in [6.07, 6.45) is 2.26. The lowest BCUT2D eigenvalue weighted by atomic mass is 10.1. The lowest BCUT2D eigenvalue weighted by Gasteiger charge is -2.16. The van der Waals surface area contributed by atoms with Crippen LogP contribution in [0.25, 0.3) is 21.7 Å². The van der Waals surface area contributed by atoms with Gasteiger partial charge in [0.25, 0.3) is 5.82 Å². The molecular weight excluding hydrogens is 421 g/mol. The van der Waals surface area contributed by atoms with Crippen LogP contribution in [0.5, 0.6) is 0 Å². The Kier molecular flexibility index (Phi) is 5.98. The molecule has 0 unspecified atom stereocenters. The van der Waals surface area contributed by atoms with Gasteiger partial charge in [0.1, 0.15) is 12.0 Å². The predicted molar refractivity (Wildman–Crippen MR) is 116 cm³/mol. The van der Waals surface area contributed by atoms with Gasteiger partial charge in [-0.25, -0.2) is 9.37 Å². The van der Waals surface area contributed by atoms with Crippen LogP contribution < -0.4 is 0 Å². The lowest BCUT2D eigenvalue weighted by molar-refractivity contribution is -0.337. The zero-order valence-corrected chi connectivity index (χ0v) is 17.6. The van der Waals surface area contributed by atoms with E-state index in [0.29, 0.717) is 9.00 Å². The third-order valence-corrected chi connectivity index (χ3v) is 6.79. The number of rotatable bonds is 5. The van der Waals surface area contributed by atoms with Crippen LogP contribution in [0.2, 0.25) is 0 Å². The zero-order chi connectivity index (χ0) is 21.1. The molecule has 0 aliphatic rings. The van der Waals surface area contributed by atoms with Crippen molar-refractivity contribution in [3.8, 4) is 21.7 Å². The molecule has 152 valence electrons. The molecule has 0 aliphatic heterocycles. The Balaban J connectivity index is 1.81. The van der Waals surface area contributed by atoms with Crippen molar-refractivity contribution < 1.29 is 12.7 Å². The molecule has 2 aromatic carbocycles. The molecule has 0 spiro atoms. The van der Waals surface area contributed by atoms with E-state index in [0.717, 1.165) is 33.1 Å². The molecule has 0 saturated carbocycles. The first-order valence-corrected chi connectivity index (χ1v) is 11.2. The van der Waals surface area contributed by atoms with E-state index in [4.69, 9.17) is 0 Å². The number of aryl methyl sites for hydroxylation is 1. The van der Waals surface area contributed by atoms with Crippen LogP contribution in [0.1, 0.15) is 11.9 Å². The van der Waals surface area contributed by atoms with Gasteiger partial charge >= 0.3 is 0 Å². The molecule has 4 aromatic rings. The molecule has 2 heterocycles. The summed E-state index contributed by atoms with van der Waals surface area (Å²) >= 11 is 1.51. The first-order chi connectivity index (χ1) is 14.6. The van der Waals surface area contributed by atoms with E-state index < -0.39 is 10.6 Å². The quantitative estimate of drug-likeness (QED) is 0.220. The number of hydrogen-bond donors (Lipinski definition) is 0. The third kappa shape index (κ3) is 4.16. The number of pyridine rings is 1. The fourth-order valence-electron chi connectivity index (χ4n) is 2.89. The predicted octanol–water partition coefficient (Wildman–Crippen LogP) is 5.92. The summed E-state index contributed by atoms with van der Waals surface area (Å²) in [6, 6.07) is 18.0. The fraction of sp³-hybridized carbons (Fsp3) is 0.0909. The van der Waals surface area contributed by atoms with Gasteiger partial charge in [-0.05, 0) is 36.8 Å². The van der Waals surface area contributed by atoms with Crippen LogP contribution >= 0.6 is 11.3 Å². The first-order valence-electron chi connectivity index (χ1n) is 9.23. The number of aromatic nitrogens is 2. The Labute approximate surface area is 179 Å². The second-order valence-corrected chi connectivity index (χ2v) is 8.75. The molecular formula is C22H17FN3O2S2-. The van der Waals surface area contributed by atoms with Crippen LogP contribution in [-0.2, 0) is 21.2 Å². The summed E-state index contributed by atoms with van der Waals surface area (Å²) in [5.74, 6) is -0.269. The topological polar surface area (TPSA) is 68.9 Å². The third-order valence-electron chi connectivity index (χ3n) is 4.38. The molecule has 4 rings (SSSR count). The van der Waals surface area contributed by atoms with Gasteiger partial charge in [-0.1, -0.05) is 57.7 Å². The maximum atomic E-state index is 13.4. The van der Waals surface area contributed by atoms with E-state index in [1.165, 1.54) is 29.7 Å². The zero-order valence-electron chi connectivity index (χ0n) is 16.0. The van der Waals surface area contributed by atoms with Crippen LogP contribution in [0.15, 0.2) is 77.8 Å². The van der Waals surface area contributed by atoms with Gasteiger partial charge in [0, 0.05) is 17.2 Å². The van der Waals surface area contributed by atoms with E-state index >= 15 is 0 Å². The summed E-state index contributed by atoms with van der Waals surface area (Å²) in [7, 11) is -1.92. The number of halogens is 1. The minimum atomic E-state index is -1.92. The summed E-state index contributed by atoms with van der Waals surface area (Å²) in [5, 5.41) is 13.6. The number of hydrogen-bond acceptors (Lipinski definition) is 6. The lowest BCUT2D eigenvalue weighted by Crippen LogP contribution is -2.00. The van der Waals surface area contributed by atoms with Gasteiger partial charge in [0.2, 0.25) is 0 Å². The molecule has 30 heavy (non-hydrogen) atoms. The van der Waals surface area contributed by atoms with Crippen molar-refractivity contribution >= 4 is 27.8 Å². The largest absolute Gasteiger partial charge is 0.671 e. The Morgan fingerprint density at radius 2 is 1.80 bits per heavy atom. The van der Waals surface area contributed by atoms with Gasteiger partial charge in [-0.15, -0.1) is 11.3 Å². The molecule has 5 nitrogen and oxygen atoms in total. The molecule has 0 N–H and O–H groups in total. The average Bonchev–Trinajstić information content (AvgIpc) is 3.24. The summed E-state index contributed by atoms with van der Waals surface area (Å²) in [6.45, 7) is 2.01. The van der Waals surface area contributed by atoms with Gasteiger partial charge in [0.15, 0.2) is 0 Å². The maximum Gasteiger partial charge on any atom is 0.298 e. The van der Waals surface area contributed by atoms with Crippen molar-refractivity contribution in [3.63, 3.8) is 0 Å². The van der Waals surface area contributed by atoms with Crippen LogP contribution in [0.3, 0.4) is 0 Å². The van der Waals surface area contributed by atoms with E-state index in [2.05, 4.69) is 9.97 Å². The smallest absolute Gasteiger partial charge is 0.298 e. The SMILES string of the molecule is CCc1nc(-c2ccc(F)cc2)c(-c2ccnc([N+]([O-])=[S-](=O)c3ccccc3)c2)s1. The molecule has 0 atom stereocenters. The van der Waals surface area contributed by atoms with Gasteiger partial charge < -0.3 is 13.5 Å². The summed E-state index contributed by atoms with van der Waals surface area (Å²) in [4.78, 5) is 10.0. The monoisotopic (exact) mass is 438 g/mol. The highest BCUT2D eigenvalue weighted by atomic mass is 32.2. The molecule has 0 fully saturated rings. The van der Waals surface area contributed by atoms with E-state index in [1.807, 2.05) is 6.92 Å². The Morgan fingerprint density at radius 3 is 2.50 bits per heavy atom. The van der Waals surface area contributed by atoms with Crippen molar-refractivity contribution in [2.75, 3.05) is 0 Å². The van der Waals surface area contributed by atoms with E-state index in [9.17, 15) is 13.8 Å². The second kappa shape index (κ2) is 8.83. The molecule has 0 aliphatic carbocycles. The standard InChI is InChI=1S/C22H17FN3O2S2/c1-2-20-25-21(15-8-10-17(23)11-9-15)22(29-20)16-12-13-24-19(14-16)26(27)30(28)18-6-4-3-5-7-18/h3-14H,2H2,1H3/q-1. The first kappa shape index (κ1) is 20.3. The van der Waals surface area contributed by atoms with Crippen LogP contribution in [0.4, 0.5) is 10.2 Å². The molecule has 2 aromatic heterocycles. The van der Waals surface area contributed by atoms with Crippen molar-refractivity contribution in [2.45, 2.75) is 18.2 Å². The molecule has 0 amide bonds. The van der Waals surface area contributed by atoms with Crippen molar-refractivity contribution in [2.24, 2.45) is 0 Å². The van der Waals surface area contributed by atoms with Gasteiger partial charge in [0.05, 0.1) is 15.6 Å². The normalized spacial score (nSPS) is 12.6. The average molecular weight is 439 g/mol. The highest BCUT2D eigenvalue weighted by molar-refractivity contribution is 7.72. The summed E-state index contributed by atoms with van der Waals surface area (Å²) in [5.41, 5.74) is 2.24. The highest BCUT2D eigenvalue weighted by Gasteiger charge is 2.16. The Morgan fingerprint density at radius 1 is 1.07 bits per heavy atom. The maximum absolute atomic E-state index is 13.4. The molecule has 0 saturated heterocycles. The minimum absolute atomic E-state index is 0.0474. The molecule has 0 radical (unpaired) electrons. The van der Waals surface area contributed by atoms with Crippen molar-refractivity contribution in [1.29, 1.82) is 0 Å².